The van der Waals surface area contributed by atoms with Crippen LogP contribution in [-0.4, -0.2) is 42.8 Å². The van der Waals surface area contributed by atoms with E-state index in [0.29, 0.717) is 6.61 Å². The molecule has 15 heavy (non-hydrogen) atoms. The summed E-state index contributed by atoms with van der Waals surface area (Å²) in [5.41, 5.74) is 0. The molecule has 0 spiro atoms. The molecule has 1 amide bonds. The van der Waals surface area contributed by atoms with Crippen molar-refractivity contribution < 1.29 is 9.53 Å². The summed E-state index contributed by atoms with van der Waals surface area (Å²) in [6, 6.07) is 0.251. The Balaban J connectivity index is 2.56. The molecular weight excluding hydrogens is 192 g/mol. The topological polar surface area (TPSA) is 41.6 Å². The third-order valence-corrected chi connectivity index (χ3v) is 3.04. The molecule has 4 nitrogen and oxygen atoms in total. The molecule has 0 radical (unpaired) electrons. The van der Waals surface area contributed by atoms with Gasteiger partial charge in [0.15, 0.2) is 0 Å². The second-order valence-electron chi connectivity index (χ2n) is 4.18. The second-order valence-corrected chi connectivity index (χ2v) is 4.18. The maximum absolute atomic E-state index is 12.0. The average molecular weight is 214 g/mol. The van der Waals surface area contributed by atoms with Gasteiger partial charge in [-0.2, -0.15) is 0 Å². The number of hydrogen-bond donors (Lipinski definition) is 1. The predicted octanol–water partition coefficient (Wildman–Crippen LogP) is 0.968. The van der Waals surface area contributed by atoms with Gasteiger partial charge in [0.1, 0.15) is 0 Å². The minimum atomic E-state index is 0.00462. The fourth-order valence-corrected chi connectivity index (χ4v) is 2.13. The van der Waals surface area contributed by atoms with Crippen LogP contribution < -0.4 is 5.32 Å². The Kier molecular flexibility index (Phi) is 4.54. The number of hydrogen-bond acceptors (Lipinski definition) is 3. The summed E-state index contributed by atoms with van der Waals surface area (Å²) in [5.74, 6) is 0.230. The van der Waals surface area contributed by atoms with E-state index in [4.69, 9.17) is 4.74 Å². The molecule has 0 aromatic heterocycles. The Bertz CT molecular complexity index is 221. The van der Waals surface area contributed by atoms with Crippen LogP contribution >= 0.6 is 0 Å². The van der Waals surface area contributed by atoms with Crippen molar-refractivity contribution in [2.24, 2.45) is 0 Å². The predicted molar refractivity (Wildman–Crippen MR) is 59.5 cm³/mol. The minimum absolute atomic E-state index is 0.00462. The zero-order valence-corrected chi connectivity index (χ0v) is 10.1. The van der Waals surface area contributed by atoms with Crippen molar-refractivity contribution in [1.82, 2.24) is 10.2 Å². The third kappa shape index (κ3) is 2.69. The van der Waals surface area contributed by atoms with E-state index in [1.807, 2.05) is 18.7 Å². The van der Waals surface area contributed by atoms with Crippen LogP contribution in [0.15, 0.2) is 0 Å². The summed E-state index contributed by atoms with van der Waals surface area (Å²) in [5, 5.41) is 3.30. The molecule has 0 bridgehead atoms. The van der Waals surface area contributed by atoms with Gasteiger partial charge in [0.25, 0.3) is 0 Å². The first-order chi connectivity index (χ1) is 7.11. The van der Waals surface area contributed by atoms with E-state index in [9.17, 15) is 4.79 Å². The minimum Gasteiger partial charge on any atom is -0.385 e. The second kappa shape index (κ2) is 5.47. The zero-order valence-electron chi connectivity index (χ0n) is 10.1. The van der Waals surface area contributed by atoms with Gasteiger partial charge in [-0.25, -0.2) is 0 Å². The van der Waals surface area contributed by atoms with E-state index in [0.717, 1.165) is 12.8 Å². The molecule has 1 N–H and O–H groups in total. The Labute approximate surface area is 92.0 Å². The number of carbonyl (C=O) groups excluding carboxylic acids is 1. The lowest BCUT2D eigenvalue weighted by molar-refractivity contribution is -0.132. The summed E-state index contributed by atoms with van der Waals surface area (Å²) in [7, 11) is 1.69. The smallest absolute Gasteiger partial charge is 0.241 e. The normalized spacial score (nSPS) is 28.5. The van der Waals surface area contributed by atoms with Crippen LogP contribution in [0.4, 0.5) is 0 Å². The van der Waals surface area contributed by atoms with E-state index < -0.39 is 0 Å². The molecule has 1 fully saturated rings. The Hall–Kier alpha value is -0.610. The monoisotopic (exact) mass is 214 g/mol. The summed E-state index contributed by atoms with van der Waals surface area (Å²) in [4.78, 5) is 13.9. The fraction of sp³-hybridized carbons (Fsp3) is 0.909. The molecule has 1 saturated heterocycles. The lowest BCUT2D eigenvalue weighted by Crippen LogP contribution is -2.42. The van der Waals surface area contributed by atoms with Gasteiger partial charge in [-0.15, -0.1) is 0 Å². The van der Waals surface area contributed by atoms with Crippen molar-refractivity contribution in [3.8, 4) is 0 Å². The van der Waals surface area contributed by atoms with Crippen LogP contribution in [0.25, 0.3) is 0 Å². The zero-order chi connectivity index (χ0) is 11.4. The standard InChI is InChI=1S/C11H22N2O2/c1-5-10-11(14)13(9(3)12-10)8(2)6-7-15-4/h8-10,12H,5-7H2,1-4H3. The fourth-order valence-electron chi connectivity index (χ4n) is 2.13. The highest BCUT2D eigenvalue weighted by Gasteiger charge is 2.37. The molecule has 1 aliphatic rings. The molecule has 88 valence electrons. The molecular formula is C11H22N2O2. The maximum atomic E-state index is 12.0. The van der Waals surface area contributed by atoms with Gasteiger partial charge in [-0.3, -0.25) is 10.1 Å². The van der Waals surface area contributed by atoms with Gasteiger partial charge < -0.3 is 9.64 Å². The van der Waals surface area contributed by atoms with E-state index in [-0.39, 0.29) is 24.2 Å². The molecule has 1 heterocycles. The van der Waals surface area contributed by atoms with E-state index >= 15 is 0 Å². The summed E-state index contributed by atoms with van der Waals surface area (Å²) >= 11 is 0. The number of amides is 1. The molecule has 1 rings (SSSR count). The van der Waals surface area contributed by atoms with Gasteiger partial charge in [-0.1, -0.05) is 6.92 Å². The van der Waals surface area contributed by atoms with Gasteiger partial charge in [-0.05, 0) is 26.7 Å². The van der Waals surface area contributed by atoms with Crippen molar-refractivity contribution >= 4 is 5.91 Å². The Morgan fingerprint density at radius 2 is 2.27 bits per heavy atom. The summed E-state index contributed by atoms with van der Waals surface area (Å²) in [6.07, 6.45) is 1.90. The number of nitrogens with zero attached hydrogens (tertiary/aromatic N) is 1. The first kappa shape index (κ1) is 12.5. The number of rotatable bonds is 5. The van der Waals surface area contributed by atoms with Crippen molar-refractivity contribution in [1.29, 1.82) is 0 Å². The molecule has 1 aliphatic heterocycles. The molecule has 3 unspecified atom stereocenters. The SMILES string of the molecule is CCC1NC(C)N(C(C)CCOC)C1=O. The van der Waals surface area contributed by atoms with Crippen LogP contribution in [0.5, 0.6) is 0 Å². The highest BCUT2D eigenvalue weighted by atomic mass is 16.5. The van der Waals surface area contributed by atoms with Crippen LogP contribution in [0.2, 0.25) is 0 Å². The largest absolute Gasteiger partial charge is 0.385 e. The lowest BCUT2D eigenvalue weighted by Gasteiger charge is -2.28. The van der Waals surface area contributed by atoms with Crippen molar-refractivity contribution in [3.05, 3.63) is 0 Å². The van der Waals surface area contributed by atoms with Crippen LogP contribution in [-0.2, 0) is 9.53 Å². The van der Waals surface area contributed by atoms with Gasteiger partial charge in [0, 0.05) is 19.8 Å². The van der Waals surface area contributed by atoms with Gasteiger partial charge in [0.2, 0.25) is 5.91 Å². The Morgan fingerprint density at radius 3 is 2.73 bits per heavy atom. The third-order valence-electron chi connectivity index (χ3n) is 3.04. The average Bonchev–Trinajstić information content (AvgIpc) is 2.50. The molecule has 4 heteroatoms. The van der Waals surface area contributed by atoms with Crippen molar-refractivity contribution in [2.75, 3.05) is 13.7 Å². The molecule has 0 saturated carbocycles. The van der Waals surface area contributed by atoms with Crippen LogP contribution in [0, 0.1) is 0 Å². The summed E-state index contributed by atoms with van der Waals surface area (Å²) in [6.45, 7) is 6.85. The lowest BCUT2D eigenvalue weighted by atomic mass is 10.2. The highest BCUT2D eigenvalue weighted by molar-refractivity contribution is 5.84. The number of carbonyl (C=O) groups is 1. The van der Waals surface area contributed by atoms with Crippen molar-refractivity contribution in [2.45, 2.75) is 51.9 Å². The van der Waals surface area contributed by atoms with E-state index in [1.165, 1.54) is 0 Å². The van der Waals surface area contributed by atoms with Gasteiger partial charge in [0.05, 0.1) is 12.2 Å². The van der Waals surface area contributed by atoms with E-state index in [1.54, 1.807) is 7.11 Å². The van der Waals surface area contributed by atoms with Crippen LogP contribution in [0.3, 0.4) is 0 Å². The quantitative estimate of drug-likeness (QED) is 0.741. The molecule has 0 aromatic carbocycles. The molecule has 0 aliphatic carbocycles. The first-order valence-electron chi connectivity index (χ1n) is 5.69. The number of ether oxygens (including phenoxy) is 1. The molecule has 0 aromatic rings. The maximum Gasteiger partial charge on any atom is 0.241 e. The highest BCUT2D eigenvalue weighted by Crippen LogP contribution is 2.17. The van der Waals surface area contributed by atoms with Crippen LogP contribution in [0.1, 0.15) is 33.6 Å². The summed E-state index contributed by atoms with van der Waals surface area (Å²) < 4.78 is 5.04. The number of methoxy groups -OCH3 is 1. The van der Waals surface area contributed by atoms with E-state index in [2.05, 4.69) is 12.2 Å². The first-order valence-corrected chi connectivity index (χ1v) is 5.69. The molecule has 3 atom stereocenters. The van der Waals surface area contributed by atoms with Gasteiger partial charge >= 0.3 is 0 Å². The van der Waals surface area contributed by atoms with Crippen molar-refractivity contribution in [3.63, 3.8) is 0 Å². The Morgan fingerprint density at radius 1 is 1.60 bits per heavy atom. The number of nitrogens with one attached hydrogen (secondary N) is 1.